The van der Waals surface area contributed by atoms with Gasteiger partial charge < -0.3 is 4.98 Å². The number of hydrogen-bond acceptors (Lipinski definition) is 4. The van der Waals surface area contributed by atoms with E-state index in [9.17, 15) is 4.79 Å². The largest absolute Gasteiger partial charge is 0.329 e. The molecule has 0 radical (unpaired) electrons. The lowest BCUT2D eigenvalue weighted by molar-refractivity contribution is 1.07. The van der Waals surface area contributed by atoms with Crippen molar-refractivity contribution in [1.82, 2.24) is 19.9 Å². The van der Waals surface area contributed by atoms with Gasteiger partial charge in [-0.1, -0.05) is 24.0 Å². The van der Waals surface area contributed by atoms with Crippen LogP contribution in [0, 0.1) is 4.64 Å². The van der Waals surface area contributed by atoms with E-state index >= 15 is 0 Å². The highest BCUT2D eigenvalue weighted by Gasteiger charge is 2.03. The van der Waals surface area contributed by atoms with Crippen molar-refractivity contribution in [2.45, 2.75) is 5.16 Å². The van der Waals surface area contributed by atoms with E-state index in [2.05, 4.69) is 19.9 Å². The molecule has 0 atom stereocenters. The van der Waals surface area contributed by atoms with Gasteiger partial charge in [-0.2, -0.15) is 0 Å². The third-order valence-corrected chi connectivity index (χ3v) is 2.45. The monoisotopic (exact) mass is 214 g/mol. The Morgan fingerprint density at radius 3 is 2.85 bits per heavy atom. The van der Waals surface area contributed by atoms with Crippen molar-refractivity contribution in [1.29, 1.82) is 0 Å². The molecule has 0 aliphatic carbocycles. The molecule has 0 aromatic carbocycles. The highest BCUT2D eigenvalue weighted by molar-refractivity contribution is 7.98. The fourth-order valence-electron chi connectivity index (χ4n) is 1.01. The smallest absolute Gasteiger partial charge is 0.325 e. The first-order valence-corrected chi connectivity index (χ1v) is 5.10. The van der Waals surface area contributed by atoms with Gasteiger partial charge in [0.25, 0.3) is 0 Å². The summed E-state index contributed by atoms with van der Waals surface area (Å²) in [6.07, 6.45) is 1.89. The second-order valence-electron chi connectivity index (χ2n) is 2.38. The van der Waals surface area contributed by atoms with Crippen molar-refractivity contribution in [3.8, 4) is 0 Å². The van der Waals surface area contributed by atoms with E-state index in [-0.39, 0.29) is 5.69 Å². The average Bonchev–Trinajstić information content (AvgIpc) is 2.47. The molecule has 68 valence electrons. The number of imidazole rings is 1. The third-order valence-electron chi connectivity index (χ3n) is 1.56. The molecule has 5 nitrogen and oxygen atoms in total. The molecular weight excluding hydrogens is 208 g/mol. The molecule has 2 aromatic heterocycles. The van der Waals surface area contributed by atoms with Gasteiger partial charge in [0, 0.05) is 0 Å². The zero-order valence-corrected chi connectivity index (χ0v) is 8.30. The molecule has 7 heteroatoms. The molecule has 0 unspecified atom stereocenters. The first-order chi connectivity index (χ1) is 6.20. The van der Waals surface area contributed by atoms with Crippen molar-refractivity contribution in [3.63, 3.8) is 0 Å². The minimum atomic E-state index is -0.336. The standard InChI is InChI=1S/C6H6N4OS2/c1-13-6-7-2-3(9-6)8-5(11)10-4(2)12/h1H3,(H3,7,8,9,10,11,12). The van der Waals surface area contributed by atoms with Crippen LogP contribution in [0.3, 0.4) is 0 Å². The van der Waals surface area contributed by atoms with Gasteiger partial charge >= 0.3 is 5.69 Å². The Morgan fingerprint density at radius 2 is 2.15 bits per heavy atom. The van der Waals surface area contributed by atoms with Crippen LogP contribution >= 0.6 is 24.0 Å². The summed E-state index contributed by atoms with van der Waals surface area (Å²) in [6, 6.07) is 0. The lowest BCUT2D eigenvalue weighted by Crippen LogP contribution is -2.09. The minimum absolute atomic E-state index is 0.336. The quantitative estimate of drug-likeness (QED) is 0.489. The van der Waals surface area contributed by atoms with E-state index in [0.717, 1.165) is 5.16 Å². The van der Waals surface area contributed by atoms with E-state index in [1.54, 1.807) is 0 Å². The maximum Gasteiger partial charge on any atom is 0.325 e. The molecule has 0 aliphatic rings. The van der Waals surface area contributed by atoms with Gasteiger partial charge in [0.15, 0.2) is 10.8 Å². The number of hydrogen-bond donors (Lipinski definition) is 3. The van der Waals surface area contributed by atoms with E-state index in [0.29, 0.717) is 15.8 Å². The molecule has 0 fully saturated rings. The molecule has 3 N–H and O–H groups in total. The third kappa shape index (κ3) is 1.40. The van der Waals surface area contributed by atoms with E-state index in [1.165, 1.54) is 11.8 Å². The first-order valence-electron chi connectivity index (χ1n) is 3.47. The van der Waals surface area contributed by atoms with Crippen molar-refractivity contribution in [2.75, 3.05) is 6.26 Å². The Morgan fingerprint density at radius 1 is 1.38 bits per heavy atom. The molecule has 0 bridgehead atoms. The first kappa shape index (κ1) is 8.52. The second kappa shape index (κ2) is 3.00. The van der Waals surface area contributed by atoms with Crippen molar-refractivity contribution in [2.24, 2.45) is 0 Å². The summed E-state index contributed by atoms with van der Waals surface area (Å²) < 4.78 is 0.381. The average molecular weight is 214 g/mol. The number of aromatic amines is 3. The highest BCUT2D eigenvalue weighted by Crippen LogP contribution is 2.14. The van der Waals surface area contributed by atoms with Gasteiger partial charge in [0.1, 0.15) is 10.2 Å². The summed E-state index contributed by atoms with van der Waals surface area (Å²) in [7, 11) is 0. The number of rotatable bonds is 1. The van der Waals surface area contributed by atoms with E-state index < -0.39 is 0 Å². The summed E-state index contributed by atoms with van der Waals surface area (Å²) in [5, 5.41) is 0.733. The number of aromatic nitrogens is 4. The van der Waals surface area contributed by atoms with Crippen LogP contribution in [0.2, 0.25) is 0 Å². The maximum absolute atomic E-state index is 11.0. The molecule has 0 saturated carbocycles. The second-order valence-corrected chi connectivity index (χ2v) is 3.58. The van der Waals surface area contributed by atoms with E-state index in [4.69, 9.17) is 12.2 Å². The molecule has 13 heavy (non-hydrogen) atoms. The molecule has 0 aliphatic heterocycles. The normalized spacial score (nSPS) is 10.8. The summed E-state index contributed by atoms with van der Waals surface area (Å²) >= 11 is 6.41. The molecule has 2 rings (SSSR count). The molecular formula is C6H6N4OS2. The Bertz CT molecular complexity index is 551. The van der Waals surface area contributed by atoms with Crippen LogP contribution in [-0.2, 0) is 0 Å². The highest BCUT2D eigenvalue weighted by atomic mass is 32.2. The predicted octanol–water partition coefficient (Wildman–Crippen LogP) is 1.03. The zero-order valence-electron chi connectivity index (χ0n) is 6.67. The Kier molecular flexibility index (Phi) is 1.97. The summed E-state index contributed by atoms with van der Waals surface area (Å²) in [4.78, 5) is 23.1. The van der Waals surface area contributed by atoms with Gasteiger partial charge in [0.05, 0.1) is 0 Å². The Balaban J connectivity index is 2.91. The molecule has 0 amide bonds. The van der Waals surface area contributed by atoms with Gasteiger partial charge in [0.2, 0.25) is 0 Å². The zero-order chi connectivity index (χ0) is 9.42. The van der Waals surface area contributed by atoms with Crippen molar-refractivity contribution >= 4 is 35.1 Å². The Hall–Kier alpha value is -1.08. The molecule has 2 aromatic rings. The summed E-state index contributed by atoms with van der Waals surface area (Å²) in [5.74, 6) is 0. The SMILES string of the molecule is CSc1nc2[nH]c(=O)[nH]c(=S)c2[nH]1. The van der Waals surface area contributed by atoms with Crippen LogP contribution in [0.1, 0.15) is 0 Å². The van der Waals surface area contributed by atoms with Gasteiger partial charge in [-0.15, -0.1) is 0 Å². The lowest BCUT2D eigenvalue weighted by Gasteiger charge is -1.85. The van der Waals surface area contributed by atoms with Gasteiger partial charge in [-0.3, -0.25) is 9.97 Å². The summed E-state index contributed by atoms with van der Waals surface area (Å²) in [6.45, 7) is 0. The number of nitrogens with zero attached hydrogens (tertiary/aromatic N) is 1. The summed E-state index contributed by atoms with van der Waals surface area (Å²) in [5.41, 5.74) is 0.828. The fraction of sp³-hybridized carbons (Fsp3) is 0.167. The number of H-pyrrole nitrogens is 3. The molecule has 0 saturated heterocycles. The number of fused-ring (bicyclic) bond motifs is 1. The van der Waals surface area contributed by atoms with Crippen molar-refractivity contribution in [3.05, 3.63) is 15.1 Å². The van der Waals surface area contributed by atoms with Gasteiger partial charge in [-0.05, 0) is 6.26 Å². The molecule has 0 spiro atoms. The van der Waals surface area contributed by atoms with Crippen LogP contribution in [0.5, 0.6) is 0 Å². The van der Waals surface area contributed by atoms with Gasteiger partial charge in [-0.25, -0.2) is 9.78 Å². The van der Waals surface area contributed by atoms with Crippen molar-refractivity contribution < 1.29 is 0 Å². The fourth-order valence-corrected chi connectivity index (χ4v) is 1.63. The lowest BCUT2D eigenvalue weighted by atomic mass is 10.6. The van der Waals surface area contributed by atoms with Crippen LogP contribution in [-0.4, -0.2) is 26.2 Å². The minimum Gasteiger partial charge on any atom is -0.329 e. The van der Waals surface area contributed by atoms with Crippen LogP contribution in [0.4, 0.5) is 0 Å². The predicted molar refractivity (Wildman–Crippen MR) is 53.7 cm³/mol. The number of thioether (sulfide) groups is 1. The Labute approximate surface area is 82.0 Å². The number of nitrogens with one attached hydrogen (secondary N) is 3. The van der Waals surface area contributed by atoms with Crippen LogP contribution < -0.4 is 5.69 Å². The van der Waals surface area contributed by atoms with Crippen LogP contribution in [0.25, 0.3) is 11.2 Å². The molecule has 2 heterocycles. The van der Waals surface area contributed by atoms with E-state index in [1.807, 2.05) is 6.26 Å². The maximum atomic E-state index is 11.0. The topological polar surface area (TPSA) is 77.3 Å². The van der Waals surface area contributed by atoms with Crippen LogP contribution in [0.15, 0.2) is 9.95 Å².